The fraction of sp³-hybridized carbons (Fsp3) is 0.600. The van der Waals surface area contributed by atoms with Crippen LogP contribution in [0.4, 0.5) is 0 Å². The monoisotopic (exact) mass is 352 g/mol. The number of nitrogens with one attached hydrogen (secondary N) is 1. The number of aryl methyl sites for hydroxylation is 1. The van der Waals surface area contributed by atoms with Crippen molar-refractivity contribution in [2.24, 2.45) is 7.05 Å². The Labute approximate surface area is 144 Å². The molecule has 2 heterocycles. The van der Waals surface area contributed by atoms with Gasteiger partial charge >= 0.3 is 0 Å². The van der Waals surface area contributed by atoms with Crippen LogP contribution in [-0.4, -0.2) is 41.6 Å². The highest BCUT2D eigenvalue weighted by Gasteiger charge is 2.36. The maximum absolute atomic E-state index is 12.3. The zero-order chi connectivity index (χ0) is 17.4. The standard InChI is InChI=1S/C15H21ClN6O2/c1-4-22-11(7-23)18-19-14(22)9-5-10(6-9)17-15(24)13-12(16)8(2)21(3)20-13/h9-10,23H,4-7H2,1-3H3,(H,17,24). The van der Waals surface area contributed by atoms with Crippen molar-refractivity contribution < 1.29 is 9.90 Å². The molecule has 0 saturated heterocycles. The Morgan fingerprint density at radius 3 is 2.67 bits per heavy atom. The van der Waals surface area contributed by atoms with Crippen molar-refractivity contribution in [3.63, 3.8) is 0 Å². The summed E-state index contributed by atoms with van der Waals surface area (Å²) in [7, 11) is 1.76. The topological polar surface area (TPSA) is 97.9 Å². The molecular weight excluding hydrogens is 332 g/mol. The van der Waals surface area contributed by atoms with E-state index in [1.54, 1.807) is 11.7 Å². The van der Waals surface area contributed by atoms with Gasteiger partial charge in [-0.3, -0.25) is 9.48 Å². The number of nitrogens with zero attached hydrogens (tertiary/aromatic N) is 5. The first-order valence-electron chi connectivity index (χ1n) is 7.99. The summed E-state index contributed by atoms with van der Waals surface area (Å²) >= 11 is 6.15. The number of aromatic nitrogens is 5. The van der Waals surface area contributed by atoms with Gasteiger partial charge in [-0.1, -0.05) is 11.6 Å². The molecule has 2 aromatic rings. The molecule has 0 aliphatic heterocycles. The van der Waals surface area contributed by atoms with Gasteiger partial charge in [0.15, 0.2) is 11.5 Å². The molecule has 3 rings (SSSR count). The van der Waals surface area contributed by atoms with Gasteiger partial charge in [0, 0.05) is 25.6 Å². The molecule has 1 aliphatic carbocycles. The number of hydrogen-bond acceptors (Lipinski definition) is 5. The van der Waals surface area contributed by atoms with Gasteiger partial charge in [-0.2, -0.15) is 5.10 Å². The van der Waals surface area contributed by atoms with Crippen LogP contribution in [0.1, 0.15) is 53.5 Å². The van der Waals surface area contributed by atoms with Crippen molar-refractivity contribution in [3.8, 4) is 0 Å². The summed E-state index contributed by atoms with van der Waals surface area (Å²) < 4.78 is 3.53. The minimum absolute atomic E-state index is 0.0699. The van der Waals surface area contributed by atoms with Gasteiger partial charge in [0.05, 0.1) is 10.7 Å². The molecular formula is C15H21ClN6O2. The molecule has 0 spiro atoms. The number of aliphatic hydroxyl groups excluding tert-OH is 1. The van der Waals surface area contributed by atoms with Crippen LogP contribution < -0.4 is 5.32 Å². The van der Waals surface area contributed by atoms with Crippen molar-refractivity contribution in [2.75, 3.05) is 0 Å². The SMILES string of the molecule is CCn1c(CO)nnc1C1CC(NC(=O)c2nn(C)c(C)c2Cl)C1. The molecule has 9 heteroatoms. The first kappa shape index (κ1) is 16.9. The number of hydrogen-bond donors (Lipinski definition) is 2. The first-order chi connectivity index (χ1) is 11.5. The molecule has 0 bridgehead atoms. The van der Waals surface area contributed by atoms with E-state index in [9.17, 15) is 9.90 Å². The molecule has 0 unspecified atom stereocenters. The number of halogens is 1. The van der Waals surface area contributed by atoms with E-state index in [2.05, 4.69) is 20.6 Å². The quantitative estimate of drug-likeness (QED) is 0.841. The second kappa shape index (κ2) is 6.52. The van der Waals surface area contributed by atoms with E-state index in [0.29, 0.717) is 17.4 Å². The molecule has 2 aromatic heterocycles. The van der Waals surface area contributed by atoms with Crippen molar-refractivity contribution in [2.45, 2.75) is 51.8 Å². The van der Waals surface area contributed by atoms with E-state index in [-0.39, 0.29) is 30.2 Å². The van der Waals surface area contributed by atoms with Crippen LogP contribution in [0.5, 0.6) is 0 Å². The van der Waals surface area contributed by atoms with Crippen LogP contribution in [-0.2, 0) is 20.2 Å². The van der Waals surface area contributed by atoms with Gasteiger partial charge in [0.1, 0.15) is 12.4 Å². The lowest BCUT2D eigenvalue weighted by Crippen LogP contribution is -2.44. The summed E-state index contributed by atoms with van der Waals surface area (Å²) in [4.78, 5) is 12.3. The van der Waals surface area contributed by atoms with Crippen molar-refractivity contribution in [1.29, 1.82) is 0 Å². The summed E-state index contributed by atoms with van der Waals surface area (Å²) in [5, 5.41) is 25.0. The highest BCUT2D eigenvalue weighted by atomic mass is 35.5. The van der Waals surface area contributed by atoms with E-state index in [0.717, 1.165) is 24.4 Å². The molecule has 1 fully saturated rings. The Kier molecular flexibility index (Phi) is 4.60. The number of rotatable bonds is 5. The fourth-order valence-electron chi connectivity index (χ4n) is 3.04. The van der Waals surface area contributed by atoms with E-state index >= 15 is 0 Å². The Balaban J connectivity index is 1.62. The lowest BCUT2D eigenvalue weighted by molar-refractivity contribution is 0.0901. The smallest absolute Gasteiger partial charge is 0.273 e. The lowest BCUT2D eigenvalue weighted by Gasteiger charge is -2.35. The van der Waals surface area contributed by atoms with Crippen molar-refractivity contribution in [3.05, 3.63) is 28.1 Å². The van der Waals surface area contributed by atoms with Crippen LogP contribution in [0, 0.1) is 6.92 Å². The third-order valence-electron chi connectivity index (χ3n) is 4.63. The predicted octanol–water partition coefficient (Wildman–Crippen LogP) is 1.16. The molecule has 130 valence electrons. The van der Waals surface area contributed by atoms with Gasteiger partial charge in [0.2, 0.25) is 0 Å². The highest BCUT2D eigenvalue weighted by Crippen LogP contribution is 2.36. The van der Waals surface area contributed by atoms with Gasteiger partial charge < -0.3 is 15.0 Å². The average molecular weight is 353 g/mol. The number of aliphatic hydroxyl groups is 1. The zero-order valence-electron chi connectivity index (χ0n) is 14.0. The number of carbonyl (C=O) groups is 1. The third kappa shape index (κ3) is 2.80. The molecule has 1 amide bonds. The molecule has 8 nitrogen and oxygen atoms in total. The second-order valence-electron chi connectivity index (χ2n) is 6.09. The Morgan fingerprint density at radius 2 is 2.12 bits per heavy atom. The number of amides is 1. The van der Waals surface area contributed by atoms with Crippen LogP contribution >= 0.6 is 11.6 Å². The molecule has 0 atom stereocenters. The van der Waals surface area contributed by atoms with Crippen molar-refractivity contribution in [1.82, 2.24) is 29.9 Å². The normalized spacial score (nSPS) is 20.0. The summed E-state index contributed by atoms with van der Waals surface area (Å²) in [6, 6.07) is 0.0699. The van der Waals surface area contributed by atoms with Crippen LogP contribution in [0.25, 0.3) is 0 Å². The maximum Gasteiger partial charge on any atom is 0.273 e. The molecule has 2 N–H and O–H groups in total. The molecule has 0 aromatic carbocycles. The van der Waals surface area contributed by atoms with Gasteiger partial charge in [-0.25, -0.2) is 0 Å². The first-order valence-corrected chi connectivity index (χ1v) is 8.36. The molecule has 1 saturated carbocycles. The minimum atomic E-state index is -0.250. The summed E-state index contributed by atoms with van der Waals surface area (Å²) in [6.07, 6.45) is 1.58. The van der Waals surface area contributed by atoms with Crippen molar-refractivity contribution >= 4 is 17.5 Å². The van der Waals surface area contributed by atoms with E-state index in [1.807, 2.05) is 18.4 Å². The van der Waals surface area contributed by atoms with Crippen LogP contribution in [0.3, 0.4) is 0 Å². The average Bonchev–Trinajstić information content (AvgIpc) is 3.06. The predicted molar refractivity (Wildman–Crippen MR) is 87.8 cm³/mol. The summed E-state index contributed by atoms with van der Waals surface area (Å²) in [5.41, 5.74) is 1.03. The lowest BCUT2D eigenvalue weighted by atomic mass is 9.79. The summed E-state index contributed by atoms with van der Waals surface area (Å²) in [6.45, 7) is 4.41. The molecule has 24 heavy (non-hydrogen) atoms. The zero-order valence-corrected chi connectivity index (χ0v) is 14.7. The Morgan fingerprint density at radius 1 is 1.42 bits per heavy atom. The van der Waals surface area contributed by atoms with Gasteiger partial charge in [-0.15, -0.1) is 10.2 Å². The van der Waals surface area contributed by atoms with E-state index < -0.39 is 0 Å². The fourth-order valence-corrected chi connectivity index (χ4v) is 3.29. The third-order valence-corrected chi connectivity index (χ3v) is 5.08. The highest BCUT2D eigenvalue weighted by molar-refractivity contribution is 6.34. The van der Waals surface area contributed by atoms with E-state index in [4.69, 9.17) is 11.6 Å². The maximum atomic E-state index is 12.3. The molecule has 1 aliphatic rings. The summed E-state index contributed by atoms with van der Waals surface area (Å²) in [5.74, 6) is 1.44. The van der Waals surface area contributed by atoms with Gasteiger partial charge in [-0.05, 0) is 26.7 Å². The second-order valence-corrected chi connectivity index (χ2v) is 6.47. The van der Waals surface area contributed by atoms with Gasteiger partial charge in [0.25, 0.3) is 5.91 Å². The minimum Gasteiger partial charge on any atom is -0.388 e. The van der Waals surface area contributed by atoms with E-state index in [1.165, 1.54) is 0 Å². The molecule has 0 radical (unpaired) electrons. The largest absolute Gasteiger partial charge is 0.388 e. The Bertz CT molecular complexity index is 762. The van der Waals surface area contributed by atoms with Crippen LogP contribution in [0.15, 0.2) is 0 Å². The van der Waals surface area contributed by atoms with Crippen LogP contribution in [0.2, 0.25) is 5.02 Å². The number of carbonyl (C=O) groups excluding carboxylic acids is 1. The Hall–Kier alpha value is -1.93.